The maximum absolute atomic E-state index is 12.9. The molecule has 0 unspecified atom stereocenters. The van der Waals surface area contributed by atoms with E-state index in [0.29, 0.717) is 28.1 Å². The molecule has 0 radical (unpaired) electrons. The summed E-state index contributed by atoms with van der Waals surface area (Å²) in [7, 11) is 0. The zero-order valence-electron chi connectivity index (χ0n) is 14.9. The lowest BCUT2D eigenvalue weighted by Gasteiger charge is -2.07. The number of fused-ring (bicyclic) bond motifs is 1. The fourth-order valence-electron chi connectivity index (χ4n) is 3.19. The molecule has 4 rings (SSSR count). The third kappa shape index (κ3) is 2.96. The van der Waals surface area contributed by atoms with Crippen LogP contribution in [0.3, 0.4) is 0 Å². The Bertz CT molecular complexity index is 1170. The van der Waals surface area contributed by atoms with Gasteiger partial charge in [-0.05, 0) is 32.0 Å². The molecule has 5 nitrogen and oxygen atoms in total. The van der Waals surface area contributed by atoms with Crippen LogP contribution in [0.2, 0.25) is 0 Å². The molecule has 1 aromatic carbocycles. The molecule has 0 atom stereocenters. The molecular formula is C20H14F3N3O2. The molecule has 0 fully saturated rings. The summed E-state index contributed by atoms with van der Waals surface area (Å²) in [6.45, 7) is 3.59. The van der Waals surface area contributed by atoms with Gasteiger partial charge in [-0.2, -0.15) is 13.2 Å². The predicted molar refractivity (Wildman–Crippen MR) is 95.9 cm³/mol. The molecular weight excluding hydrogens is 371 g/mol. The van der Waals surface area contributed by atoms with Crippen LogP contribution in [0.1, 0.15) is 32.9 Å². The molecule has 0 spiro atoms. The van der Waals surface area contributed by atoms with Gasteiger partial charge in [0.05, 0.1) is 11.3 Å². The average Bonchev–Trinajstić information content (AvgIpc) is 3.23. The fourth-order valence-corrected chi connectivity index (χ4v) is 3.19. The number of aryl methyl sites for hydroxylation is 2. The first kappa shape index (κ1) is 18.0. The van der Waals surface area contributed by atoms with E-state index < -0.39 is 17.5 Å². The van der Waals surface area contributed by atoms with Gasteiger partial charge in [-0.25, -0.2) is 4.98 Å². The van der Waals surface area contributed by atoms with E-state index in [1.807, 2.05) is 0 Å². The number of hydrogen-bond donors (Lipinski definition) is 1. The first-order chi connectivity index (χ1) is 13.3. The Morgan fingerprint density at radius 1 is 1.14 bits per heavy atom. The average molecular weight is 385 g/mol. The lowest BCUT2D eigenvalue weighted by atomic mass is 10.00. The van der Waals surface area contributed by atoms with Crippen molar-refractivity contribution in [3.05, 3.63) is 70.9 Å². The van der Waals surface area contributed by atoms with Crippen LogP contribution < -0.4 is 0 Å². The highest BCUT2D eigenvalue weighted by molar-refractivity contribution is 6.16. The topological polar surface area (TPSA) is 71.8 Å². The number of rotatable bonds is 3. The van der Waals surface area contributed by atoms with E-state index in [9.17, 15) is 18.0 Å². The van der Waals surface area contributed by atoms with Gasteiger partial charge in [0.15, 0.2) is 5.78 Å². The number of carbonyl (C=O) groups excluding carboxylic acids is 1. The van der Waals surface area contributed by atoms with Crippen LogP contribution in [0.5, 0.6) is 0 Å². The molecule has 0 aliphatic heterocycles. The van der Waals surface area contributed by atoms with E-state index in [0.717, 1.165) is 23.3 Å². The van der Waals surface area contributed by atoms with E-state index in [4.69, 9.17) is 4.52 Å². The molecule has 0 amide bonds. The Balaban J connectivity index is 1.77. The summed E-state index contributed by atoms with van der Waals surface area (Å²) in [5.74, 6) is 0.238. The number of nitrogens with one attached hydrogen (secondary N) is 1. The Kier molecular flexibility index (Phi) is 4.06. The summed E-state index contributed by atoms with van der Waals surface area (Å²) in [4.78, 5) is 20.1. The van der Waals surface area contributed by atoms with E-state index in [-0.39, 0.29) is 5.56 Å². The van der Waals surface area contributed by atoms with Crippen molar-refractivity contribution in [1.29, 1.82) is 0 Å². The van der Waals surface area contributed by atoms with E-state index in [1.165, 1.54) is 18.3 Å². The van der Waals surface area contributed by atoms with Crippen LogP contribution in [0.15, 0.2) is 47.2 Å². The lowest BCUT2D eigenvalue weighted by molar-refractivity contribution is -0.137. The highest BCUT2D eigenvalue weighted by Crippen LogP contribution is 2.31. The van der Waals surface area contributed by atoms with Crippen molar-refractivity contribution in [2.75, 3.05) is 0 Å². The molecule has 0 bridgehead atoms. The van der Waals surface area contributed by atoms with Gasteiger partial charge in [0.2, 0.25) is 0 Å². The number of aromatic nitrogens is 3. The fraction of sp³-hybridized carbons (Fsp3) is 0.150. The Hall–Kier alpha value is -3.42. The van der Waals surface area contributed by atoms with Gasteiger partial charge < -0.3 is 9.51 Å². The predicted octanol–water partition coefficient (Wildman–Crippen LogP) is 5.08. The van der Waals surface area contributed by atoms with Crippen LogP contribution in [-0.4, -0.2) is 20.9 Å². The summed E-state index contributed by atoms with van der Waals surface area (Å²) >= 11 is 0. The molecule has 3 heterocycles. The number of H-pyrrole nitrogens is 1. The van der Waals surface area contributed by atoms with Crippen molar-refractivity contribution in [2.24, 2.45) is 0 Å². The van der Waals surface area contributed by atoms with Gasteiger partial charge in [-0.15, -0.1) is 0 Å². The summed E-state index contributed by atoms with van der Waals surface area (Å²) in [6, 6.07) is 5.94. The van der Waals surface area contributed by atoms with Crippen molar-refractivity contribution in [3.8, 4) is 11.1 Å². The molecule has 142 valence electrons. The summed E-state index contributed by atoms with van der Waals surface area (Å²) in [5.41, 5.74) is 2.43. The number of ketones is 1. The second kappa shape index (κ2) is 6.33. The highest BCUT2D eigenvalue weighted by atomic mass is 19.4. The summed E-state index contributed by atoms with van der Waals surface area (Å²) in [5, 5.41) is 4.50. The summed E-state index contributed by atoms with van der Waals surface area (Å²) < 4.78 is 43.4. The van der Waals surface area contributed by atoms with Gasteiger partial charge in [-0.3, -0.25) is 4.79 Å². The zero-order valence-corrected chi connectivity index (χ0v) is 14.9. The number of carbonyl (C=O) groups is 1. The molecule has 0 saturated heterocycles. The minimum absolute atomic E-state index is 0.164. The monoisotopic (exact) mass is 385 g/mol. The maximum atomic E-state index is 12.9. The summed E-state index contributed by atoms with van der Waals surface area (Å²) in [6.07, 6.45) is -1.29. The normalized spacial score (nSPS) is 11.9. The molecule has 0 aliphatic rings. The minimum Gasteiger partial charge on any atom is -0.361 e. The second-order valence-corrected chi connectivity index (χ2v) is 6.43. The number of alkyl halides is 3. The van der Waals surface area contributed by atoms with Gasteiger partial charge in [0.25, 0.3) is 0 Å². The van der Waals surface area contributed by atoms with E-state index in [1.54, 1.807) is 26.1 Å². The maximum Gasteiger partial charge on any atom is 0.416 e. The standard InChI is InChI=1S/C20H14F3N3O2/c1-10-17(11(2)28-26-10)13-7-15-16(9-25-19(15)24-8-13)18(27)12-3-5-14(6-4-12)20(21,22)23/h3-9H,1-2H3,(H,24,25). The molecule has 4 aromatic rings. The van der Waals surface area contributed by atoms with Crippen molar-refractivity contribution in [3.63, 3.8) is 0 Å². The Morgan fingerprint density at radius 2 is 1.86 bits per heavy atom. The molecule has 28 heavy (non-hydrogen) atoms. The molecule has 0 aliphatic carbocycles. The number of halogens is 3. The van der Waals surface area contributed by atoms with Crippen molar-refractivity contribution >= 4 is 16.8 Å². The number of benzene rings is 1. The third-order valence-electron chi connectivity index (χ3n) is 4.57. The molecule has 0 saturated carbocycles. The van der Waals surface area contributed by atoms with Gasteiger partial charge >= 0.3 is 6.18 Å². The van der Waals surface area contributed by atoms with Crippen LogP contribution >= 0.6 is 0 Å². The molecule has 1 N–H and O–H groups in total. The van der Waals surface area contributed by atoms with Crippen LogP contribution in [0.4, 0.5) is 13.2 Å². The zero-order chi connectivity index (χ0) is 20.1. The third-order valence-corrected chi connectivity index (χ3v) is 4.57. The van der Waals surface area contributed by atoms with Crippen molar-refractivity contribution in [2.45, 2.75) is 20.0 Å². The first-order valence-corrected chi connectivity index (χ1v) is 8.38. The Labute approximate surface area is 157 Å². The van der Waals surface area contributed by atoms with Crippen LogP contribution in [-0.2, 0) is 6.18 Å². The first-order valence-electron chi connectivity index (χ1n) is 8.38. The minimum atomic E-state index is -4.45. The van der Waals surface area contributed by atoms with Gasteiger partial charge in [0, 0.05) is 40.0 Å². The smallest absolute Gasteiger partial charge is 0.361 e. The molecule has 3 aromatic heterocycles. The largest absolute Gasteiger partial charge is 0.416 e. The van der Waals surface area contributed by atoms with E-state index >= 15 is 0 Å². The quantitative estimate of drug-likeness (QED) is 0.499. The van der Waals surface area contributed by atoms with E-state index in [2.05, 4.69) is 15.1 Å². The van der Waals surface area contributed by atoms with Crippen molar-refractivity contribution < 1.29 is 22.5 Å². The molecule has 8 heteroatoms. The van der Waals surface area contributed by atoms with Gasteiger partial charge in [-0.1, -0.05) is 17.3 Å². The number of aromatic amines is 1. The Morgan fingerprint density at radius 3 is 2.46 bits per heavy atom. The lowest BCUT2D eigenvalue weighted by Crippen LogP contribution is -2.06. The second-order valence-electron chi connectivity index (χ2n) is 6.43. The number of hydrogen-bond acceptors (Lipinski definition) is 4. The van der Waals surface area contributed by atoms with Crippen LogP contribution in [0, 0.1) is 13.8 Å². The van der Waals surface area contributed by atoms with Crippen LogP contribution in [0.25, 0.3) is 22.2 Å². The highest BCUT2D eigenvalue weighted by Gasteiger charge is 2.30. The number of pyridine rings is 1. The van der Waals surface area contributed by atoms with Gasteiger partial charge in [0.1, 0.15) is 11.4 Å². The SMILES string of the molecule is Cc1noc(C)c1-c1cnc2[nH]cc(C(=O)c3ccc(C(F)(F)F)cc3)c2c1. The van der Waals surface area contributed by atoms with Crippen molar-refractivity contribution in [1.82, 2.24) is 15.1 Å². The number of nitrogens with zero attached hydrogens (tertiary/aromatic N) is 2.